The fourth-order valence-corrected chi connectivity index (χ4v) is 17.4. The summed E-state index contributed by atoms with van der Waals surface area (Å²) in [6.07, 6.45) is 1.42. The molecule has 0 aliphatic carbocycles. The average Bonchev–Trinajstić information content (AvgIpc) is 1.56. The van der Waals surface area contributed by atoms with E-state index in [1.165, 1.54) is 6.08 Å². The number of hydrogen-bond acceptors (Lipinski definition) is 0. The van der Waals surface area contributed by atoms with E-state index in [1.807, 2.05) is 0 Å². The normalized spacial score (nSPS) is 13.7. The third-order valence-electron chi connectivity index (χ3n) is 0.941. The van der Waals surface area contributed by atoms with Crippen molar-refractivity contribution in [3.05, 3.63) is 12.7 Å². The van der Waals surface area contributed by atoms with Crippen LogP contribution in [0.3, 0.4) is 0 Å². The van der Waals surface area contributed by atoms with Crippen molar-refractivity contribution in [2.45, 2.75) is 5.16 Å². The maximum atomic E-state index is 5.66. The zero-order chi connectivity index (χ0) is 9.28. The lowest BCUT2D eigenvalue weighted by atomic mass is 10.7. The monoisotopic (exact) mass is 306 g/mol. The molecule has 0 saturated heterocycles. The summed E-state index contributed by atoms with van der Waals surface area (Å²) in [4.78, 5) is 0. The molecule has 0 unspecified atom stereocenters. The molecule has 0 rings (SSSR count). The Balaban J connectivity index is 4.56. The predicted molar refractivity (Wildman–Crippen MR) is 60.6 cm³/mol. The first-order valence-electron chi connectivity index (χ1n) is 2.45. The molecule has 0 nitrogen and oxygen atoms in total. The molecule has 0 aromatic heterocycles. The topological polar surface area (TPSA) is 0 Å². The van der Waals surface area contributed by atoms with Crippen molar-refractivity contribution in [3.63, 3.8) is 0 Å². The molecule has 66 valence electrons. The van der Waals surface area contributed by atoms with E-state index < -0.39 is 17.2 Å². The first-order chi connectivity index (χ1) is 4.69. The zero-order valence-electron chi connectivity index (χ0n) is 5.13. The summed E-state index contributed by atoms with van der Waals surface area (Å²) in [7, 11) is 0. The van der Waals surface area contributed by atoms with Crippen molar-refractivity contribution in [1.82, 2.24) is 0 Å². The van der Waals surface area contributed by atoms with Crippen molar-refractivity contribution in [2.75, 3.05) is 0 Å². The van der Waals surface area contributed by atoms with Crippen molar-refractivity contribution in [3.8, 4) is 0 Å². The minimum absolute atomic E-state index is 0.551. The molecule has 0 fully saturated rings. The van der Waals surface area contributed by atoms with Crippen molar-refractivity contribution < 1.29 is 0 Å². The summed E-state index contributed by atoms with van der Waals surface area (Å²) in [6.45, 7) is 3.46. The molecule has 0 bridgehead atoms. The van der Waals surface area contributed by atoms with Crippen LogP contribution >= 0.6 is 66.5 Å². The van der Waals surface area contributed by atoms with E-state index in [0.29, 0.717) is 0 Å². The van der Waals surface area contributed by atoms with Crippen molar-refractivity contribution >= 4 is 78.5 Å². The quantitative estimate of drug-likeness (QED) is 0.412. The highest BCUT2D eigenvalue weighted by molar-refractivity contribution is 7.76. The molecular formula is C3H4Cl6Si2. The highest BCUT2D eigenvalue weighted by Crippen LogP contribution is 2.46. The molecule has 0 amide bonds. The van der Waals surface area contributed by atoms with Crippen LogP contribution in [0.4, 0.5) is 0 Å². The molecule has 0 aliphatic heterocycles. The first-order valence-corrected chi connectivity index (χ1v) is 12.7. The van der Waals surface area contributed by atoms with Gasteiger partial charge < -0.3 is 0 Å². The molecular weight excluding hydrogens is 305 g/mol. The third kappa shape index (κ3) is 4.62. The highest BCUT2D eigenvalue weighted by atomic mass is 35.8. The summed E-state index contributed by atoms with van der Waals surface area (Å²) in [5.41, 5.74) is 0. The molecule has 8 heteroatoms. The van der Waals surface area contributed by atoms with Gasteiger partial charge in [-0.1, -0.05) is 6.08 Å². The number of hydrogen-bond donors (Lipinski definition) is 0. The first kappa shape index (κ1) is 12.9. The second kappa shape index (κ2) is 4.42. The Labute approximate surface area is 95.6 Å². The highest BCUT2D eigenvalue weighted by Gasteiger charge is 2.49. The molecule has 0 spiro atoms. The lowest BCUT2D eigenvalue weighted by Crippen LogP contribution is -2.33. The van der Waals surface area contributed by atoms with Gasteiger partial charge in [0.15, 0.2) is 0 Å². The minimum atomic E-state index is -2.96. The van der Waals surface area contributed by atoms with Crippen molar-refractivity contribution in [1.29, 1.82) is 0 Å². The smallest absolute Gasteiger partial charge is 0.126 e. The Kier molecular flexibility index (Phi) is 5.19. The Morgan fingerprint density at radius 3 is 1.18 bits per heavy atom. The van der Waals surface area contributed by atoms with Gasteiger partial charge in [-0.25, -0.2) is 0 Å². The van der Waals surface area contributed by atoms with Crippen LogP contribution in [0.15, 0.2) is 12.7 Å². The maximum Gasteiger partial charge on any atom is 0.348 e. The van der Waals surface area contributed by atoms with Crippen LogP contribution in [0.5, 0.6) is 0 Å². The summed E-state index contributed by atoms with van der Waals surface area (Å²) in [5.74, 6) is 0. The molecule has 0 heterocycles. The largest absolute Gasteiger partial charge is 0.348 e. The van der Waals surface area contributed by atoms with Gasteiger partial charge in [0, 0.05) is 5.16 Å². The van der Waals surface area contributed by atoms with E-state index in [4.69, 9.17) is 66.5 Å². The van der Waals surface area contributed by atoms with E-state index in [2.05, 4.69) is 6.58 Å². The summed E-state index contributed by atoms with van der Waals surface area (Å²) >= 11 is 34.0. The van der Waals surface area contributed by atoms with E-state index in [9.17, 15) is 0 Å². The molecule has 0 saturated carbocycles. The summed E-state index contributed by atoms with van der Waals surface area (Å²) in [6, 6.07) is -5.92. The number of allylic oxidation sites excluding steroid dienone is 1. The van der Waals surface area contributed by atoms with Crippen LogP contribution in [0, 0.1) is 0 Å². The summed E-state index contributed by atoms with van der Waals surface area (Å²) < 4.78 is 0. The van der Waals surface area contributed by atoms with E-state index >= 15 is 0 Å². The Morgan fingerprint density at radius 1 is 0.909 bits per heavy atom. The van der Waals surface area contributed by atoms with Crippen LogP contribution in [-0.2, 0) is 0 Å². The Bertz CT molecular complexity index is 131. The van der Waals surface area contributed by atoms with Crippen LogP contribution < -0.4 is 0 Å². The van der Waals surface area contributed by atoms with Gasteiger partial charge >= 0.3 is 12.0 Å². The second-order valence-corrected chi connectivity index (χ2v) is 20.0. The van der Waals surface area contributed by atoms with Gasteiger partial charge in [-0.05, 0) is 0 Å². The van der Waals surface area contributed by atoms with Crippen LogP contribution in [0.1, 0.15) is 0 Å². The SMILES string of the molecule is C=CC([Si](Cl)(Cl)Cl)[Si](Cl)(Cl)Cl. The van der Waals surface area contributed by atoms with Gasteiger partial charge in [0.25, 0.3) is 0 Å². The molecule has 0 atom stereocenters. The lowest BCUT2D eigenvalue weighted by molar-refractivity contribution is 1.54. The lowest BCUT2D eigenvalue weighted by Gasteiger charge is -2.22. The summed E-state index contributed by atoms with van der Waals surface area (Å²) in [5, 5.41) is -0.551. The molecule has 0 aromatic carbocycles. The van der Waals surface area contributed by atoms with Gasteiger partial charge in [0.05, 0.1) is 0 Å². The minimum Gasteiger partial charge on any atom is -0.126 e. The van der Waals surface area contributed by atoms with Gasteiger partial charge in [0.2, 0.25) is 0 Å². The van der Waals surface area contributed by atoms with Crippen LogP contribution in [0.25, 0.3) is 0 Å². The van der Waals surface area contributed by atoms with Gasteiger partial charge in [-0.15, -0.1) is 73.1 Å². The van der Waals surface area contributed by atoms with Crippen LogP contribution in [-0.4, -0.2) is 12.0 Å². The van der Waals surface area contributed by atoms with Gasteiger partial charge in [0.1, 0.15) is 0 Å². The second-order valence-electron chi connectivity index (χ2n) is 1.80. The number of rotatable bonds is 3. The van der Waals surface area contributed by atoms with Gasteiger partial charge in [-0.2, -0.15) is 0 Å². The molecule has 0 radical (unpaired) electrons. The van der Waals surface area contributed by atoms with Crippen LogP contribution in [0.2, 0.25) is 5.16 Å². The Hall–Kier alpha value is 1.91. The fourth-order valence-electron chi connectivity index (χ4n) is 0.453. The van der Waals surface area contributed by atoms with E-state index in [1.54, 1.807) is 0 Å². The van der Waals surface area contributed by atoms with Crippen molar-refractivity contribution in [2.24, 2.45) is 0 Å². The molecule has 0 N–H and O–H groups in total. The average molecular weight is 309 g/mol. The molecule has 11 heavy (non-hydrogen) atoms. The predicted octanol–water partition coefficient (Wildman–Crippen LogP) is 4.39. The fraction of sp³-hybridized carbons (Fsp3) is 0.333. The Morgan fingerprint density at radius 2 is 1.18 bits per heavy atom. The molecule has 0 aliphatic rings. The zero-order valence-corrected chi connectivity index (χ0v) is 11.7. The number of halogens is 6. The maximum absolute atomic E-state index is 5.66. The van der Waals surface area contributed by atoms with E-state index in [0.717, 1.165) is 0 Å². The molecule has 0 aromatic rings. The van der Waals surface area contributed by atoms with Gasteiger partial charge in [-0.3, -0.25) is 0 Å². The third-order valence-corrected chi connectivity index (χ3v) is 12.9. The van der Waals surface area contributed by atoms with E-state index in [-0.39, 0.29) is 0 Å². The standard InChI is InChI=1S/C3H4Cl6Si2/c1-2-3(10(4,5)6)11(7,8)9/h2-3H,1H2.